The van der Waals surface area contributed by atoms with E-state index >= 15 is 0 Å². The third-order valence-corrected chi connectivity index (χ3v) is 3.82. The van der Waals surface area contributed by atoms with Crippen molar-refractivity contribution in [3.63, 3.8) is 0 Å². The Morgan fingerprint density at radius 2 is 2.16 bits per heavy atom. The van der Waals surface area contributed by atoms with Crippen molar-refractivity contribution in [3.05, 3.63) is 52.3 Å². The summed E-state index contributed by atoms with van der Waals surface area (Å²) < 4.78 is 13.7. The Morgan fingerprint density at radius 3 is 2.84 bits per heavy atom. The van der Waals surface area contributed by atoms with Crippen molar-refractivity contribution in [2.24, 2.45) is 0 Å². The number of rotatable bonds is 4. The zero-order valence-corrected chi connectivity index (χ0v) is 12.4. The van der Waals surface area contributed by atoms with Gasteiger partial charge in [0.2, 0.25) is 0 Å². The normalized spacial score (nSPS) is 10.9. The molecule has 1 heterocycles. The van der Waals surface area contributed by atoms with Crippen molar-refractivity contribution in [1.29, 1.82) is 0 Å². The molecule has 0 aliphatic rings. The molecule has 2 nitrogen and oxygen atoms in total. The Labute approximate surface area is 121 Å². The Bertz CT molecular complexity index is 623. The van der Waals surface area contributed by atoms with Crippen molar-refractivity contribution < 1.29 is 4.39 Å². The summed E-state index contributed by atoms with van der Waals surface area (Å²) in [7, 11) is 0. The zero-order valence-electron chi connectivity index (χ0n) is 10.8. The van der Waals surface area contributed by atoms with Gasteiger partial charge in [0, 0.05) is 10.6 Å². The Balaban J connectivity index is 2.13. The maximum atomic E-state index is 13.1. The van der Waals surface area contributed by atoms with Crippen LogP contribution in [0.25, 0.3) is 0 Å². The van der Waals surface area contributed by atoms with Gasteiger partial charge in [-0.05, 0) is 30.2 Å². The highest BCUT2D eigenvalue weighted by atomic mass is 32.2. The fourth-order valence-corrected chi connectivity index (χ4v) is 2.66. The molecular formula is C14H15FN2S2. The summed E-state index contributed by atoms with van der Waals surface area (Å²) in [4.78, 5) is 8.46. The molecule has 2 rings (SSSR count). The van der Waals surface area contributed by atoms with E-state index in [1.165, 1.54) is 23.9 Å². The van der Waals surface area contributed by atoms with Crippen LogP contribution in [0.5, 0.6) is 0 Å². The average molecular weight is 294 g/mol. The SMILES string of the molecule is CC(C)c1cc(=S)nc(CSc2cccc(F)c2)[nH]1. The Kier molecular flexibility index (Phi) is 4.71. The van der Waals surface area contributed by atoms with E-state index in [-0.39, 0.29) is 5.82 Å². The standard InChI is InChI=1S/C14H15FN2S2/c1-9(2)12-7-14(18)17-13(16-12)8-19-11-5-3-4-10(15)6-11/h3-7,9H,8H2,1-2H3,(H,16,17,18). The monoisotopic (exact) mass is 294 g/mol. The van der Waals surface area contributed by atoms with Crippen LogP contribution in [0.1, 0.15) is 31.3 Å². The van der Waals surface area contributed by atoms with E-state index in [9.17, 15) is 4.39 Å². The van der Waals surface area contributed by atoms with Crippen molar-refractivity contribution in [2.75, 3.05) is 0 Å². The summed E-state index contributed by atoms with van der Waals surface area (Å²) in [6.45, 7) is 4.20. The highest BCUT2D eigenvalue weighted by molar-refractivity contribution is 7.98. The average Bonchev–Trinajstić information content (AvgIpc) is 2.36. The molecule has 2 aromatic rings. The minimum absolute atomic E-state index is 0.221. The maximum absolute atomic E-state index is 13.1. The second-order valence-corrected chi connectivity index (χ2v) is 5.99. The molecule has 0 aliphatic heterocycles. The molecule has 0 amide bonds. The first kappa shape index (κ1) is 14.2. The third kappa shape index (κ3) is 4.14. The van der Waals surface area contributed by atoms with Crippen molar-refractivity contribution in [1.82, 2.24) is 9.97 Å². The lowest BCUT2D eigenvalue weighted by atomic mass is 10.1. The summed E-state index contributed by atoms with van der Waals surface area (Å²) >= 11 is 6.69. The van der Waals surface area contributed by atoms with Crippen LogP contribution < -0.4 is 0 Å². The third-order valence-electron chi connectivity index (χ3n) is 2.61. The van der Waals surface area contributed by atoms with Gasteiger partial charge in [-0.15, -0.1) is 11.8 Å². The zero-order chi connectivity index (χ0) is 13.8. The van der Waals surface area contributed by atoms with Gasteiger partial charge in [-0.25, -0.2) is 9.37 Å². The fraction of sp³-hybridized carbons (Fsp3) is 0.286. The van der Waals surface area contributed by atoms with E-state index in [1.807, 2.05) is 12.1 Å². The largest absolute Gasteiger partial charge is 0.346 e. The highest BCUT2D eigenvalue weighted by Crippen LogP contribution is 2.22. The van der Waals surface area contributed by atoms with Gasteiger partial charge in [0.15, 0.2) is 0 Å². The Morgan fingerprint density at radius 1 is 1.37 bits per heavy atom. The molecule has 0 bridgehead atoms. The maximum Gasteiger partial charge on any atom is 0.130 e. The van der Waals surface area contributed by atoms with Crippen molar-refractivity contribution in [2.45, 2.75) is 30.4 Å². The first-order chi connectivity index (χ1) is 9.04. The number of thioether (sulfide) groups is 1. The first-order valence-corrected chi connectivity index (χ1v) is 7.42. The molecule has 0 spiro atoms. The molecule has 0 fully saturated rings. The van der Waals surface area contributed by atoms with Crippen LogP contribution in [0.3, 0.4) is 0 Å². The molecule has 0 saturated heterocycles. The molecule has 0 atom stereocenters. The Hall–Kier alpha value is -1.20. The molecular weight excluding hydrogens is 279 g/mol. The second kappa shape index (κ2) is 6.30. The van der Waals surface area contributed by atoms with E-state index in [2.05, 4.69) is 23.8 Å². The van der Waals surface area contributed by atoms with Gasteiger partial charge in [-0.3, -0.25) is 0 Å². The minimum Gasteiger partial charge on any atom is -0.346 e. The van der Waals surface area contributed by atoms with Crippen LogP contribution in [-0.4, -0.2) is 9.97 Å². The number of benzene rings is 1. The van der Waals surface area contributed by atoms with E-state index in [1.54, 1.807) is 6.07 Å². The number of halogens is 1. The van der Waals surface area contributed by atoms with Gasteiger partial charge < -0.3 is 4.98 Å². The lowest BCUT2D eigenvalue weighted by Gasteiger charge is -2.08. The van der Waals surface area contributed by atoms with E-state index in [0.29, 0.717) is 16.3 Å². The number of H-pyrrole nitrogens is 1. The van der Waals surface area contributed by atoms with Crippen molar-refractivity contribution in [3.8, 4) is 0 Å². The van der Waals surface area contributed by atoms with Gasteiger partial charge in [-0.2, -0.15) is 0 Å². The summed E-state index contributed by atoms with van der Waals surface area (Å²) in [6, 6.07) is 8.43. The predicted octanol–water partition coefficient (Wildman–Crippen LogP) is 4.69. The van der Waals surface area contributed by atoms with Gasteiger partial charge in [0.05, 0.1) is 5.75 Å². The van der Waals surface area contributed by atoms with Crippen LogP contribution in [0.2, 0.25) is 0 Å². The highest BCUT2D eigenvalue weighted by Gasteiger charge is 2.04. The van der Waals surface area contributed by atoms with Crippen LogP contribution >= 0.6 is 24.0 Å². The molecule has 1 N–H and O–H groups in total. The topological polar surface area (TPSA) is 28.7 Å². The number of nitrogens with zero attached hydrogens (tertiary/aromatic N) is 1. The molecule has 100 valence electrons. The second-order valence-electron chi connectivity index (χ2n) is 4.52. The van der Waals surface area contributed by atoms with Crippen molar-refractivity contribution >= 4 is 24.0 Å². The smallest absolute Gasteiger partial charge is 0.130 e. The van der Waals surface area contributed by atoms with Crippen LogP contribution in [0.4, 0.5) is 4.39 Å². The summed E-state index contributed by atoms with van der Waals surface area (Å²) in [6.07, 6.45) is 0. The number of nitrogens with one attached hydrogen (secondary N) is 1. The van der Waals surface area contributed by atoms with Crippen LogP contribution in [0.15, 0.2) is 35.2 Å². The predicted molar refractivity (Wildman–Crippen MR) is 79.5 cm³/mol. The number of hydrogen-bond donors (Lipinski definition) is 1. The molecule has 1 aromatic carbocycles. The molecule has 5 heteroatoms. The first-order valence-electron chi connectivity index (χ1n) is 6.03. The number of aromatic amines is 1. The molecule has 0 aliphatic carbocycles. The molecule has 1 aromatic heterocycles. The fourth-order valence-electron chi connectivity index (χ4n) is 1.62. The van der Waals surface area contributed by atoms with Gasteiger partial charge in [-0.1, -0.05) is 32.1 Å². The lowest BCUT2D eigenvalue weighted by molar-refractivity contribution is 0.624. The van der Waals surface area contributed by atoms with Gasteiger partial charge in [0.25, 0.3) is 0 Å². The van der Waals surface area contributed by atoms with Gasteiger partial charge in [0.1, 0.15) is 16.3 Å². The summed E-state index contributed by atoms with van der Waals surface area (Å²) in [5.41, 5.74) is 1.08. The lowest BCUT2D eigenvalue weighted by Crippen LogP contribution is -2.00. The van der Waals surface area contributed by atoms with Crippen LogP contribution in [-0.2, 0) is 5.75 Å². The summed E-state index contributed by atoms with van der Waals surface area (Å²) in [5.74, 6) is 1.63. The molecule has 19 heavy (non-hydrogen) atoms. The van der Waals surface area contributed by atoms with E-state index in [4.69, 9.17) is 12.2 Å². The summed E-state index contributed by atoms with van der Waals surface area (Å²) in [5, 5.41) is 0. The molecule has 0 saturated carbocycles. The molecule has 0 unspecified atom stereocenters. The molecule has 0 radical (unpaired) electrons. The number of aromatic nitrogens is 2. The van der Waals surface area contributed by atoms with E-state index < -0.39 is 0 Å². The quantitative estimate of drug-likeness (QED) is 0.655. The van der Waals surface area contributed by atoms with Crippen LogP contribution in [0, 0.1) is 10.5 Å². The van der Waals surface area contributed by atoms with E-state index in [0.717, 1.165) is 16.4 Å². The van der Waals surface area contributed by atoms with Gasteiger partial charge >= 0.3 is 0 Å². The number of hydrogen-bond acceptors (Lipinski definition) is 3. The minimum atomic E-state index is -0.221.